The average Bonchev–Trinajstić information content (AvgIpc) is 2.25. The molecule has 0 aromatic heterocycles. The second-order valence-electron chi connectivity index (χ2n) is 3.11. The number of hydrogen-bond donors (Lipinski definition) is 0. The minimum atomic E-state index is -0.248. The van der Waals surface area contributed by atoms with Crippen molar-refractivity contribution in [2.24, 2.45) is 0 Å². The predicted molar refractivity (Wildman–Crippen MR) is 62.1 cm³/mol. The summed E-state index contributed by atoms with van der Waals surface area (Å²) < 4.78 is 0. The summed E-state index contributed by atoms with van der Waals surface area (Å²) in [6, 6.07) is 7.23. The van der Waals surface area contributed by atoms with E-state index in [4.69, 9.17) is 0 Å². The first-order valence-electron chi connectivity index (χ1n) is 4.58. The molecule has 0 bridgehead atoms. The van der Waals surface area contributed by atoms with E-state index in [1.807, 2.05) is 19.1 Å². The molecule has 0 atom stereocenters. The van der Waals surface area contributed by atoms with Gasteiger partial charge in [-0.1, -0.05) is 34.1 Å². The van der Waals surface area contributed by atoms with Crippen LogP contribution in [0.25, 0.3) is 0 Å². The molecule has 0 saturated carbocycles. The zero-order valence-corrected chi connectivity index (χ0v) is 10.0. The quantitative estimate of drug-likeness (QED) is 0.619. The number of alkyl halides is 1. The zero-order chi connectivity index (χ0) is 11.3. The maximum atomic E-state index is 11.9. The molecule has 0 radical (unpaired) electrons. The Bertz CT molecular complexity index is 365. The minimum Gasteiger partial charge on any atom is -0.280 e. The number of carbonyl (C=O) groups is 2. The lowest BCUT2D eigenvalue weighted by molar-refractivity contribution is -0.115. The molecule has 0 saturated heterocycles. The first-order chi connectivity index (χ1) is 7.20. The second-order valence-corrected chi connectivity index (χ2v) is 3.90. The van der Waals surface area contributed by atoms with Crippen molar-refractivity contribution in [1.29, 1.82) is 0 Å². The summed E-state index contributed by atoms with van der Waals surface area (Å²) >= 11 is 3.20. The van der Waals surface area contributed by atoms with E-state index < -0.39 is 0 Å². The maximum Gasteiger partial charge on any atom is 0.260 e. The van der Waals surface area contributed by atoms with Crippen LogP contribution in [0.4, 0.5) is 0 Å². The molecule has 0 N–H and O–H groups in total. The van der Waals surface area contributed by atoms with Gasteiger partial charge in [0, 0.05) is 17.4 Å². The van der Waals surface area contributed by atoms with Crippen molar-refractivity contribution in [2.75, 3.05) is 11.9 Å². The van der Waals surface area contributed by atoms with Crippen LogP contribution < -0.4 is 0 Å². The van der Waals surface area contributed by atoms with Crippen LogP contribution >= 0.6 is 15.9 Å². The molecule has 0 aliphatic heterocycles. The molecule has 1 rings (SSSR count). The number of aryl methyl sites for hydroxylation is 1. The van der Waals surface area contributed by atoms with E-state index in [0.29, 0.717) is 23.8 Å². The lowest BCUT2D eigenvalue weighted by atomic mass is 10.1. The maximum absolute atomic E-state index is 11.9. The second kappa shape index (κ2) is 5.66. The van der Waals surface area contributed by atoms with Gasteiger partial charge in [0.25, 0.3) is 5.91 Å². The summed E-state index contributed by atoms with van der Waals surface area (Å²) in [5, 5.41) is 0.587. The highest BCUT2D eigenvalue weighted by molar-refractivity contribution is 9.09. The highest BCUT2D eigenvalue weighted by Gasteiger charge is 2.15. The number of benzene rings is 1. The van der Waals surface area contributed by atoms with E-state index in [1.165, 1.54) is 0 Å². The van der Waals surface area contributed by atoms with Crippen molar-refractivity contribution in [3.8, 4) is 0 Å². The van der Waals surface area contributed by atoms with E-state index >= 15 is 0 Å². The molecule has 3 nitrogen and oxygen atoms in total. The number of rotatable bonds is 4. The van der Waals surface area contributed by atoms with E-state index in [1.54, 1.807) is 12.1 Å². The Morgan fingerprint density at radius 2 is 2.13 bits per heavy atom. The van der Waals surface area contributed by atoms with Gasteiger partial charge >= 0.3 is 0 Å². The van der Waals surface area contributed by atoms with Crippen molar-refractivity contribution >= 4 is 28.2 Å². The van der Waals surface area contributed by atoms with E-state index in [0.717, 1.165) is 10.5 Å². The van der Waals surface area contributed by atoms with Gasteiger partial charge in [-0.25, -0.2) is 0 Å². The third-order valence-corrected chi connectivity index (χ3v) is 2.44. The molecule has 0 spiro atoms. The normalized spacial score (nSPS) is 9.73. The third-order valence-electron chi connectivity index (χ3n) is 2.09. The molecule has 0 unspecified atom stereocenters. The molecule has 2 amide bonds. The van der Waals surface area contributed by atoms with Crippen LogP contribution in [0.5, 0.6) is 0 Å². The van der Waals surface area contributed by atoms with Crippen molar-refractivity contribution in [3.63, 3.8) is 0 Å². The van der Waals surface area contributed by atoms with Crippen LogP contribution in [0.2, 0.25) is 0 Å². The Labute approximate surface area is 97.2 Å². The number of imide groups is 1. The van der Waals surface area contributed by atoms with Gasteiger partial charge in [0.1, 0.15) is 0 Å². The third kappa shape index (κ3) is 2.89. The molecule has 80 valence electrons. The smallest absolute Gasteiger partial charge is 0.260 e. The van der Waals surface area contributed by atoms with Gasteiger partial charge in [-0.15, -0.1) is 0 Å². The van der Waals surface area contributed by atoms with Gasteiger partial charge in [0.05, 0.1) is 0 Å². The molecule has 1 aromatic carbocycles. The highest BCUT2D eigenvalue weighted by atomic mass is 79.9. The number of amides is 2. The van der Waals surface area contributed by atoms with Crippen LogP contribution in [-0.2, 0) is 4.79 Å². The average molecular weight is 270 g/mol. The molecule has 4 heteroatoms. The minimum absolute atomic E-state index is 0.248. The summed E-state index contributed by atoms with van der Waals surface area (Å²) in [6.45, 7) is 2.24. The number of hydrogen-bond acceptors (Lipinski definition) is 2. The van der Waals surface area contributed by atoms with Crippen LogP contribution in [0.15, 0.2) is 24.3 Å². The van der Waals surface area contributed by atoms with Crippen molar-refractivity contribution in [2.45, 2.75) is 6.92 Å². The standard InChI is InChI=1S/C11H12BrNO2/c1-9-4-2-3-5-10(9)11(15)13(8-14)7-6-12/h2-5,8H,6-7H2,1H3. The van der Waals surface area contributed by atoms with Gasteiger partial charge in [-0.3, -0.25) is 14.5 Å². The Morgan fingerprint density at radius 3 is 2.67 bits per heavy atom. The molecule has 1 aromatic rings. The topological polar surface area (TPSA) is 37.4 Å². The highest BCUT2D eigenvalue weighted by Crippen LogP contribution is 2.09. The molecular weight excluding hydrogens is 258 g/mol. The number of halogens is 1. The van der Waals surface area contributed by atoms with Gasteiger partial charge in [0.2, 0.25) is 6.41 Å². The monoisotopic (exact) mass is 269 g/mol. The Kier molecular flexibility index (Phi) is 4.49. The molecule has 0 aliphatic rings. The fourth-order valence-electron chi connectivity index (χ4n) is 1.26. The first kappa shape index (κ1) is 11.9. The summed E-state index contributed by atoms with van der Waals surface area (Å²) in [6.07, 6.45) is 0.566. The summed E-state index contributed by atoms with van der Waals surface area (Å²) in [4.78, 5) is 23.7. The Hall–Kier alpha value is -1.16. The van der Waals surface area contributed by atoms with E-state index in [9.17, 15) is 9.59 Å². The Balaban J connectivity index is 2.92. The van der Waals surface area contributed by atoms with Crippen molar-refractivity contribution in [3.05, 3.63) is 35.4 Å². The van der Waals surface area contributed by atoms with Gasteiger partial charge in [-0.05, 0) is 18.6 Å². The lowest BCUT2D eigenvalue weighted by Gasteiger charge is -2.14. The van der Waals surface area contributed by atoms with Crippen LogP contribution in [0, 0.1) is 6.92 Å². The van der Waals surface area contributed by atoms with Crippen LogP contribution in [0.1, 0.15) is 15.9 Å². The number of carbonyl (C=O) groups excluding carboxylic acids is 2. The first-order valence-corrected chi connectivity index (χ1v) is 5.70. The molecule has 0 aliphatic carbocycles. The lowest BCUT2D eigenvalue weighted by Crippen LogP contribution is -2.31. The van der Waals surface area contributed by atoms with E-state index in [-0.39, 0.29) is 5.91 Å². The summed E-state index contributed by atoms with van der Waals surface area (Å²) in [5.41, 5.74) is 1.45. The predicted octanol–water partition coefficient (Wildman–Crippen LogP) is 1.99. The zero-order valence-electron chi connectivity index (χ0n) is 8.44. The van der Waals surface area contributed by atoms with Crippen LogP contribution in [0.3, 0.4) is 0 Å². The van der Waals surface area contributed by atoms with Gasteiger partial charge in [0.15, 0.2) is 0 Å². The van der Waals surface area contributed by atoms with Crippen molar-refractivity contribution in [1.82, 2.24) is 4.90 Å². The Morgan fingerprint density at radius 1 is 1.47 bits per heavy atom. The summed E-state index contributed by atoms with van der Waals surface area (Å²) in [5.74, 6) is -0.248. The molecule has 15 heavy (non-hydrogen) atoms. The van der Waals surface area contributed by atoms with E-state index in [2.05, 4.69) is 15.9 Å². The molecule has 0 heterocycles. The van der Waals surface area contributed by atoms with Gasteiger partial charge in [-0.2, -0.15) is 0 Å². The fourth-order valence-corrected chi connectivity index (χ4v) is 1.64. The van der Waals surface area contributed by atoms with Crippen molar-refractivity contribution < 1.29 is 9.59 Å². The number of nitrogens with zero attached hydrogens (tertiary/aromatic N) is 1. The fraction of sp³-hybridized carbons (Fsp3) is 0.273. The largest absolute Gasteiger partial charge is 0.280 e. The van der Waals surface area contributed by atoms with Gasteiger partial charge < -0.3 is 0 Å². The SMILES string of the molecule is Cc1ccccc1C(=O)N(C=O)CCBr. The summed E-state index contributed by atoms with van der Waals surface area (Å²) in [7, 11) is 0. The molecule has 0 fully saturated rings. The molecular formula is C11H12BrNO2. The van der Waals surface area contributed by atoms with Crippen LogP contribution in [-0.4, -0.2) is 29.1 Å².